The Labute approximate surface area is 199 Å². The molecular weight excluding hydrogens is 416 g/mol. The molecular formula is C30H30N4+2. The summed E-state index contributed by atoms with van der Waals surface area (Å²) >= 11 is 0. The Morgan fingerprint density at radius 3 is 1.47 bits per heavy atom. The van der Waals surface area contributed by atoms with Gasteiger partial charge in [-0.05, 0) is 35.0 Å². The van der Waals surface area contributed by atoms with Gasteiger partial charge in [0.05, 0.1) is 14.1 Å². The highest BCUT2D eigenvalue weighted by Crippen LogP contribution is 2.27. The van der Waals surface area contributed by atoms with Crippen LogP contribution in [-0.2, 0) is 27.2 Å². The number of benzene rings is 4. The van der Waals surface area contributed by atoms with Gasteiger partial charge in [0, 0.05) is 25.0 Å². The maximum absolute atomic E-state index is 2.44. The molecule has 0 saturated carbocycles. The summed E-state index contributed by atoms with van der Waals surface area (Å²) in [4.78, 5) is 0. The number of fused-ring (bicyclic) bond motifs is 3. The third kappa shape index (κ3) is 3.06. The molecule has 2 aromatic heterocycles. The number of rotatable bonds is 4. The van der Waals surface area contributed by atoms with E-state index in [4.69, 9.17) is 0 Å². The molecule has 0 fully saturated rings. The van der Waals surface area contributed by atoms with Gasteiger partial charge in [-0.2, -0.15) is 0 Å². The molecule has 0 saturated heterocycles. The third-order valence-corrected chi connectivity index (χ3v) is 7.55. The molecule has 168 valence electrons. The number of imidazole rings is 2. The van der Waals surface area contributed by atoms with Gasteiger partial charge in [-0.15, -0.1) is 0 Å². The lowest BCUT2D eigenvalue weighted by molar-refractivity contribution is -0.652. The standard InChI is InChI=1S/C30H30N4/c1-21-31(3)26-15-5-7-17-28(26)33(21)19-24-13-9-11-23-12-10-14-25(30(23)24)20-34-22(2)32(4)27-16-6-8-18-29(27)34/h5-18H,19-20H2,1-4H3/q+2. The molecule has 4 aromatic carbocycles. The summed E-state index contributed by atoms with van der Waals surface area (Å²) in [7, 11) is 4.31. The summed E-state index contributed by atoms with van der Waals surface area (Å²) in [6.45, 7) is 6.12. The molecule has 34 heavy (non-hydrogen) atoms. The lowest BCUT2D eigenvalue weighted by Gasteiger charge is -2.11. The van der Waals surface area contributed by atoms with Gasteiger partial charge in [0.1, 0.15) is 13.1 Å². The van der Waals surface area contributed by atoms with Gasteiger partial charge in [-0.3, -0.25) is 0 Å². The van der Waals surface area contributed by atoms with E-state index in [0.717, 1.165) is 13.1 Å². The normalized spacial score (nSPS) is 11.8. The third-order valence-electron chi connectivity index (χ3n) is 7.55. The Morgan fingerprint density at radius 2 is 1.00 bits per heavy atom. The van der Waals surface area contributed by atoms with E-state index in [1.54, 1.807) is 0 Å². The summed E-state index contributed by atoms with van der Waals surface area (Å²) in [6, 6.07) is 30.8. The molecule has 0 aliphatic carbocycles. The van der Waals surface area contributed by atoms with Crippen molar-refractivity contribution in [3.63, 3.8) is 0 Å². The molecule has 0 radical (unpaired) electrons. The number of aromatic nitrogens is 4. The van der Waals surface area contributed by atoms with Crippen molar-refractivity contribution in [2.45, 2.75) is 26.9 Å². The zero-order chi connectivity index (χ0) is 23.4. The predicted octanol–water partition coefficient (Wildman–Crippen LogP) is 5.11. The lowest BCUT2D eigenvalue weighted by Crippen LogP contribution is -2.31. The molecule has 0 spiro atoms. The molecule has 0 amide bonds. The molecule has 0 bridgehead atoms. The van der Waals surface area contributed by atoms with Crippen molar-refractivity contribution in [3.05, 3.63) is 108 Å². The van der Waals surface area contributed by atoms with Crippen LogP contribution in [0.4, 0.5) is 0 Å². The summed E-state index contributed by atoms with van der Waals surface area (Å²) in [6.07, 6.45) is 0. The van der Waals surface area contributed by atoms with Crippen LogP contribution in [0.25, 0.3) is 32.8 Å². The minimum Gasteiger partial charge on any atom is -0.230 e. The Kier molecular flexibility index (Phi) is 4.77. The Morgan fingerprint density at radius 1 is 0.559 bits per heavy atom. The second kappa shape index (κ2) is 7.84. The van der Waals surface area contributed by atoms with Crippen LogP contribution in [-0.4, -0.2) is 9.13 Å². The number of nitrogens with zero attached hydrogens (tertiary/aromatic N) is 4. The molecule has 4 nitrogen and oxygen atoms in total. The Balaban J connectivity index is 1.52. The molecule has 0 unspecified atom stereocenters. The fraction of sp³-hybridized carbons (Fsp3) is 0.200. The van der Waals surface area contributed by atoms with Gasteiger partial charge < -0.3 is 0 Å². The van der Waals surface area contributed by atoms with E-state index in [0.29, 0.717) is 0 Å². The first-order valence-electron chi connectivity index (χ1n) is 11.9. The van der Waals surface area contributed by atoms with Crippen molar-refractivity contribution in [3.8, 4) is 0 Å². The van der Waals surface area contributed by atoms with Crippen molar-refractivity contribution in [2.24, 2.45) is 14.1 Å². The molecule has 6 aromatic rings. The lowest BCUT2D eigenvalue weighted by atomic mass is 9.98. The van der Waals surface area contributed by atoms with Crippen molar-refractivity contribution in [1.82, 2.24) is 9.13 Å². The summed E-state index contributed by atoms with van der Waals surface area (Å²) < 4.78 is 9.46. The van der Waals surface area contributed by atoms with Crippen molar-refractivity contribution < 1.29 is 9.13 Å². The van der Waals surface area contributed by atoms with E-state index < -0.39 is 0 Å². The number of hydrogen-bond donors (Lipinski definition) is 0. The van der Waals surface area contributed by atoms with Crippen molar-refractivity contribution >= 4 is 32.8 Å². The van der Waals surface area contributed by atoms with Crippen LogP contribution in [0.3, 0.4) is 0 Å². The molecule has 0 atom stereocenters. The monoisotopic (exact) mass is 446 g/mol. The first-order valence-corrected chi connectivity index (χ1v) is 11.9. The molecule has 6 rings (SSSR count). The highest BCUT2D eigenvalue weighted by Gasteiger charge is 2.22. The van der Waals surface area contributed by atoms with E-state index >= 15 is 0 Å². The fourth-order valence-corrected chi connectivity index (χ4v) is 5.52. The maximum Gasteiger partial charge on any atom is 0.254 e. The van der Waals surface area contributed by atoms with E-state index in [1.165, 1.54) is 55.6 Å². The van der Waals surface area contributed by atoms with Crippen LogP contribution < -0.4 is 9.13 Å². The average molecular weight is 447 g/mol. The van der Waals surface area contributed by atoms with Crippen LogP contribution in [0.2, 0.25) is 0 Å². The van der Waals surface area contributed by atoms with Crippen LogP contribution >= 0.6 is 0 Å². The van der Waals surface area contributed by atoms with Crippen LogP contribution in [0.15, 0.2) is 84.9 Å². The second-order valence-corrected chi connectivity index (χ2v) is 9.29. The van der Waals surface area contributed by atoms with Gasteiger partial charge >= 0.3 is 0 Å². The van der Waals surface area contributed by atoms with Crippen molar-refractivity contribution in [1.29, 1.82) is 0 Å². The smallest absolute Gasteiger partial charge is 0.230 e. The average Bonchev–Trinajstić information content (AvgIpc) is 3.25. The van der Waals surface area contributed by atoms with E-state index in [9.17, 15) is 0 Å². The number of para-hydroxylation sites is 4. The first kappa shape index (κ1) is 20.7. The summed E-state index contributed by atoms with van der Waals surface area (Å²) in [5.74, 6) is 2.52. The molecule has 2 heterocycles. The number of aryl methyl sites for hydroxylation is 2. The molecule has 0 aliphatic heterocycles. The van der Waals surface area contributed by atoms with Crippen LogP contribution in [0.5, 0.6) is 0 Å². The van der Waals surface area contributed by atoms with Crippen molar-refractivity contribution in [2.75, 3.05) is 0 Å². The second-order valence-electron chi connectivity index (χ2n) is 9.29. The van der Waals surface area contributed by atoms with Gasteiger partial charge in [-0.25, -0.2) is 18.3 Å². The van der Waals surface area contributed by atoms with E-state index in [2.05, 4.69) is 131 Å². The minimum atomic E-state index is 0.848. The largest absolute Gasteiger partial charge is 0.254 e. The Bertz CT molecular complexity index is 1580. The van der Waals surface area contributed by atoms with Gasteiger partial charge in [0.2, 0.25) is 0 Å². The first-order chi connectivity index (χ1) is 16.5. The topological polar surface area (TPSA) is 17.6 Å². The SMILES string of the molecule is Cc1n(Cc2cccc3cccc(Cn4c(C)[n+](C)c5ccccc54)c23)c2ccccc2[n+]1C. The highest BCUT2D eigenvalue weighted by molar-refractivity contribution is 5.89. The van der Waals surface area contributed by atoms with E-state index in [-0.39, 0.29) is 0 Å². The fourth-order valence-electron chi connectivity index (χ4n) is 5.52. The number of hydrogen-bond acceptors (Lipinski definition) is 0. The molecule has 4 heteroatoms. The van der Waals surface area contributed by atoms with Gasteiger partial charge in [-0.1, -0.05) is 60.7 Å². The molecule has 0 aliphatic rings. The maximum atomic E-state index is 2.44. The van der Waals surface area contributed by atoms with Crippen LogP contribution in [0, 0.1) is 13.8 Å². The van der Waals surface area contributed by atoms with Gasteiger partial charge in [0.25, 0.3) is 11.6 Å². The Hall–Kier alpha value is -3.92. The summed E-state index contributed by atoms with van der Waals surface area (Å²) in [5, 5.41) is 2.66. The highest BCUT2D eigenvalue weighted by atomic mass is 15.2. The summed E-state index contributed by atoms with van der Waals surface area (Å²) in [5.41, 5.74) is 7.80. The minimum absolute atomic E-state index is 0.848. The predicted molar refractivity (Wildman–Crippen MR) is 138 cm³/mol. The molecule has 0 N–H and O–H groups in total. The zero-order valence-corrected chi connectivity index (χ0v) is 20.3. The zero-order valence-electron chi connectivity index (χ0n) is 20.3. The van der Waals surface area contributed by atoms with E-state index in [1.807, 2.05) is 0 Å². The van der Waals surface area contributed by atoms with Crippen LogP contribution in [0.1, 0.15) is 22.8 Å². The quantitative estimate of drug-likeness (QED) is 0.335. The van der Waals surface area contributed by atoms with Gasteiger partial charge in [0.15, 0.2) is 22.1 Å².